The molecule has 0 heterocycles. The van der Waals surface area contributed by atoms with E-state index in [2.05, 4.69) is 36.5 Å². The number of rotatable bonds is 7. The molecule has 0 fully saturated rings. The third-order valence-electron chi connectivity index (χ3n) is 2.54. The molecule has 1 aromatic carbocycles. The largest absolute Gasteiger partial charge is 0.390 e. The summed E-state index contributed by atoms with van der Waals surface area (Å²) in [5, 5.41) is 12.4. The fraction of sp³-hybridized carbons (Fsp3) is 0.538. The van der Waals surface area contributed by atoms with E-state index in [0.29, 0.717) is 13.1 Å². The monoisotopic (exact) mass is 222 g/mol. The van der Waals surface area contributed by atoms with Gasteiger partial charge in [-0.2, -0.15) is 0 Å². The molecule has 0 spiro atoms. The summed E-state index contributed by atoms with van der Waals surface area (Å²) in [6.45, 7) is 3.82. The van der Waals surface area contributed by atoms with E-state index in [1.54, 1.807) is 0 Å². The predicted octanol–water partition coefficient (Wildman–Crippen LogP) is 1.05. The van der Waals surface area contributed by atoms with Gasteiger partial charge in [0.1, 0.15) is 0 Å². The molecule has 16 heavy (non-hydrogen) atoms. The van der Waals surface area contributed by atoms with Crippen LogP contribution >= 0.6 is 0 Å². The standard InChI is InChI=1S/C13H22N2O/c1-2-3-11-4-6-12(7-5-11)9-15-10-13(16)8-14/h4-7,13,15-16H,2-3,8-10,14H2,1H3. The Morgan fingerprint density at radius 1 is 1.25 bits per heavy atom. The van der Waals surface area contributed by atoms with Crippen LogP contribution in [-0.4, -0.2) is 24.3 Å². The van der Waals surface area contributed by atoms with E-state index >= 15 is 0 Å². The van der Waals surface area contributed by atoms with Gasteiger partial charge in [0, 0.05) is 19.6 Å². The Kier molecular flexibility index (Phi) is 6.08. The molecule has 1 aromatic rings. The molecule has 4 N–H and O–H groups in total. The van der Waals surface area contributed by atoms with Gasteiger partial charge in [-0.1, -0.05) is 37.6 Å². The SMILES string of the molecule is CCCc1ccc(CNCC(O)CN)cc1. The van der Waals surface area contributed by atoms with Crippen molar-refractivity contribution in [3.8, 4) is 0 Å². The molecule has 0 saturated heterocycles. The van der Waals surface area contributed by atoms with Gasteiger partial charge < -0.3 is 16.2 Å². The van der Waals surface area contributed by atoms with Crippen molar-refractivity contribution in [2.24, 2.45) is 5.73 Å². The van der Waals surface area contributed by atoms with Gasteiger partial charge in [-0.15, -0.1) is 0 Å². The van der Waals surface area contributed by atoms with Gasteiger partial charge in [-0.3, -0.25) is 0 Å². The predicted molar refractivity (Wildman–Crippen MR) is 67.2 cm³/mol. The molecule has 1 atom stereocenters. The fourth-order valence-electron chi connectivity index (χ4n) is 1.58. The molecule has 0 amide bonds. The average Bonchev–Trinajstić information content (AvgIpc) is 2.31. The Morgan fingerprint density at radius 3 is 2.44 bits per heavy atom. The summed E-state index contributed by atoms with van der Waals surface area (Å²) in [7, 11) is 0. The lowest BCUT2D eigenvalue weighted by Gasteiger charge is -2.09. The summed E-state index contributed by atoms with van der Waals surface area (Å²) >= 11 is 0. The third-order valence-corrected chi connectivity index (χ3v) is 2.54. The van der Waals surface area contributed by atoms with Gasteiger partial charge in [0.25, 0.3) is 0 Å². The quantitative estimate of drug-likeness (QED) is 0.646. The number of benzene rings is 1. The molecule has 0 aliphatic rings. The van der Waals surface area contributed by atoms with Crippen molar-refractivity contribution in [2.75, 3.05) is 13.1 Å². The molecule has 1 rings (SSSR count). The second-order valence-electron chi connectivity index (χ2n) is 4.09. The zero-order valence-electron chi connectivity index (χ0n) is 9.95. The van der Waals surface area contributed by atoms with Crippen molar-refractivity contribution < 1.29 is 5.11 Å². The van der Waals surface area contributed by atoms with Crippen LogP contribution < -0.4 is 11.1 Å². The normalized spacial score (nSPS) is 12.7. The van der Waals surface area contributed by atoms with Crippen LogP contribution in [-0.2, 0) is 13.0 Å². The van der Waals surface area contributed by atoms with Gasteiger partial charge >= 0.3 is 0 Å². The second kappa shape index (κ2) is 7.39. The summed E-state index contributed by atoms with van der Waals surface area (Å²) in [5.41, 5.74) is 7.94. The van der Waals surface area contributed by atoms with E-state index in [0.717, 1.165) is 13.0 Å². The number of nitrogens with one attached hydrogen (secondary N) is 1. The number of hydrogen-bond donors (Lipinski definition) is 3. The lowest BCUT2D eigenvalue weighted by molar-refractivity contribution is 0.179. The van der Waals surface area contributed by atoms with E-state index < -0.39 is 6.10 Å². The second-order valence-corrected chi connectivity index (χ2v) is 4.09. The van der Waals surface area contributed by atoms with E-state index in [4.69, 9.17) is 5.73 Å². The zero-order chi connectivity index (χ0) is 11.8. The van der Waals surface area contributed by atoms with Crippen molar-refractivity contribution in [3.63, 3.8) is 0 Å². The number of aliphatic hydroxyl groups is 1. The molecule has 1 unspecified atom stereocenters. The minimum Gasteiger partial charge on any atom is -0.390 e. The molecule has 3 heteroatoms. The van der Waals surface area contributed by atoms with Gasteiger partial charge in [0.15, 0.2) is 0 Å². The summed E-state index contributed by atoms with van der Waals surface area (Å²) in [5.74, 6) is 0. The first-order valence-electron chi connectivity index (χ1n) is 5.93. The van der Waals surface area contributed by atoms with Gasteiger partial charge in [-0.05, 0) is 17.5 Å². The first-order chi connectivity index (χ1) is 7.76. The van der Waals surface area contributed by atoms with E-state index in [1.165, 1.54) is 17.5 Å². The Balaban J connectivity index is 2.31. The van der Waals surface area contributed by atoms with Gasteiger partial charge in [-0.25, -0.2) is 0 Å². The van der Waals surface area contributed by atoms with Crippen molar-refractivity contribution in [1.29, 1.82) is 0 Å². The smallest absolute Gasteiger partial charge is 0.0786 e. The molecular weight excluding hydrogens is 200 g/mol. The van der Waals surface area contributed by atoms with Crippen molar-refractivity contribution >= 4 is 0 Å². The average molecular weight is 222 g/mol. The summed E-state index contributed by atoms with van der Waals surface area (Å²) in [4.78, 5) is 0. The molecule has 3 nitrogen and oxygen atoms in total. The first-order valence-corrected chi connectivity index (χ1v) is 5.93. The topological polar surface area (TPSA) is 58.3 Å². The highest BCUT2D eigenvalue weighted by Gasteiger charge is 1.99. The van der Waals surface area contributed by atoms with Crippen molar-refractivity contribution in [3.05, 3.63) is 35.4 Å². The maximum atomic E-state index is 9.26. The highest BCUT2D eigenvalue weighted by atomic mass is 16.3. The highest BCUT2D eigenvalue weighted by Crippen LogP contribution is 2.06. The van der Waals surface area contributed by atoms with E-state index in [-0.39, 0.29) is 0 Å². The number of aliphatic hydroxyl groups excluding tert-OH is 1. The highest BCUT2D eigenvalue weighted by molar-refractivity contribution is 5.22. The Hall–Kier alpha value is -0.900. The molecule has 0 bridgehead atoms. The minimum atomic E-state index is -0.445. The van der Waals surface area contributed by atoms with Crippen LogP contribution in [0.2, 0.25) is 0 Å². The molecule has 90 valence electrons. The van der Waals surface area contributed by atoms with Crippen LogP contribution in [0.15, 0.2) is 24.3 Å². The summed E-state index contributed by atoms with van der Waals surface area (Å²) in [6, 6.07) is 8.60. The Bertz CT molecular complexity index is 284. The van der Waals surface area contributed by atoms with Crippen molar-refractivity contribution in [2.45, 2.75) is 32.4 Å². The summed E-state index contributed by atoms with van der Waals surface area (Å²) < 4.78 is 0. The molecule has 0 aliphatic heterocycles. The van der Waals surface area contributed by atoms with Crippen LogP contribution in [0.25, 0.3) is 0 Å². The van der Waals surface area contributed by atoms with Crippen LogP contribution in [0.5, 0.6) is 0 Å². The lowest BCUT2D eigenvalue weighted by Crippen LogP contribution is -2.32. The number of hydrogen-bond acceptors (Lipinski definition) is 3. The number of aryl methyl sites for hydroxylation is 1. The third kappa shape index (κ3) is 4.75. The fourth-order valence-corrected chi connectivity index (χ4v) is 1.58. The van der Waals surface area contributed by atoms with Crippen LogP contribution in [0.3, 0.4) is 0 Å². The van der Waals surface area contributed by atoms with Crippen LogP contribution in [0, 0.1) is 0 Å². The van der Waals surface area contributed by atoms with E-state index in [9.17, 15) is 5.11 Å². The van der Waals surface area contributed by atoms with E-state index in [1.807, 2.05) is 0 Å². The molecule has 0 aliphatic carbocycles. The minimum absolute atomic E-state index is 0.308. The molecule has 0 saturated carbocycles. The van der Waals surface area contributed by atoms with Gasteiger partial charge in [0.05, 0.1) is 6.10 Å². The lowest BCUT2D eigenvalue weighted by atomic mass is 10.1. The molecule has 0 aromatic heterocycles. The maximum Gasteiger partial charge on any atom is 0.0786 e. The number of nitrogens with two attached hydrogens (primary N) is 1. The van der Waals surface area contributed by atoms with Crippen molar-refractivity contribution in [1.82, 2.24) is 5.32 Å². The summed E-state index contributed by atoms with van der Waals surface area (Å²) in [6.07, 6.45) is 1.87. The maximum absolute atomic E-state index is 9.26. The molecular formula is C13H22N2O. The van der Waals surface area contributed by atoms with Crippen LogP contribution in [0.1, 0.15) is 24.5 Å². The first kappa shape index (κ1) is 13.2. The molecule has 0 radical (unpaired) electrons. The zero-order valence-corrected chi connectivity index (χ0v) is 9.95. The Labute approximate surface area is 97.7 Å². The van der Waals surface area contributed by atoms with Crippen LogP contribution in [0.4, 0.5) is 0 Å². The van der Waals surface area contributed by atoms with Gasteiger partial charge in [0.2, 0.25) is 0 Å². The Morgan fingerprint density at radius 2 is 1.88 bits per heavy atom.